The van der Waals surface area contributed by atoms with E-state index in [1.54, 1.807) is 0 Å². The Morgan fingerprint density at radius 2 is 1.72 bits per heavy atom. The van der Waals surface area contributed by atoms with Crippen molar-refractivity contribution in [2.75, 3.05) is 0 Å². The van der Waals surface area contributed by atoms with Crippen LogP contribution in [0.2, 0.25) is 0 Å². The molecule has 2 rings (SSSR count). The normalized spacial score (nSPS) is 10.4. The molecule has 18 heavy (non-hydrogen) atoms. The molecule has 0 N–H and O–H groups in total. The quantitative estimate of drug-likeness (QED) is 0.570. The van der Waals surface area contributed by atoms with Gasteiger partial charge in [0.2, 0.25) is 0 Å². The van der Waals surface area contributed by atoms with Gasteiger partial charge in [-0.1, -0.05) is 35.9 Å². The van der Waals surface area contributed by atoms with Crippen LogP contribution in [0.3, 0.4) is 0 Å². The van der Waals surface area contributed by atoms with E-state index in [-0.39, 0.29) is 0 Å². The Bertz CT molecular complexity index is 636. The molecule has 0 saturated carbocycles. The molecule has 2 aromatic carbocycles. The van der Waals surface area contributed by atoms with Crippen molar-refractivity contribution < 1.29 is 14.3 Å². The fourth-order valence-electron chi connectivity index (χ4n) is 2.00. The Morgan fingerprint density at radius 1 is 1.06 bits per heavy atom. The molecule has 0 spiro atoms. The summed E-state index contributed by atoms with van der Waals surface area (Å²) in [7, 11) is 0. The van der Waals surface area contributed by atoms with E-state index >= 15 is 0 Å². The fraction of sp³-hybridized carbons (Fsp3) is 0.200. The first-order valence-electron chi connectivity index (χ1n) is 5.72. The average molecular weight is 242 g/mol. The molecule has 0 bridgehead atoms. The van der Waals surface area contributed by atoms with Gasteiger partial charge in [0.1, 0.15) is 0 Å². The summed E-state index contributed by atoms with van der Waals surface area (Å²) in [6.45, 7) is 5.02. The molecular weight excluding hydrogens is 228 g/mol. The largest absolute Gasteiger partial charge is 0.390 e. The van der Waals surface area contributed by atoms with Crippen molar-refractivity contribution in [2.45, 2.75) is 20.8 Å². The van der Waals surface area contributed by atoms with Crippen LogP contribution in [0.25, 0.3) is 10.8 Å². The Labute approximate surface area is 105 Å². The number of aryl methyl sites for hydroxylation is 2. The van der Waals surface area contributed by atoms with Gasteiger partial charge in [-0.2, -0.15) is 0 Å². The van der Waals surface area contributed by atoms with Gasteiger partial charge in [0.15, 0.2) is 0 Å². The van der Waals surface area contributed by atoms with Crippen LogP contribution in [0, 0.1) is 13.8 Å². The molecule has 0 aliphatic heterocycles. The van der Waals surface area contributed by atoms with Crippen LogP contribution < -0.4 is 0 Å². The van der Waals surface area contributed by atoms with Gasteiger partial charge in [0.25, 0.3) is 0 Å². The smallest absolute Gasteiger partial charge is 0.346 e. The lowest BCUT2D eigenvalue weighted by molar-refractivity contribution is -0.135. The van der Waals surface area contributed by atoms with E-state index in [1.807, 2.05) is 44.2 Å². The standard InChI is InChI=1S/C15H14O3/c1-9-4-6-12-7-5-10(2)14(13(12)8-9)15(17)18-11(3)16/h4-8H,1-3H3. The van der Waals surface area contributed by atoms with E-state index in [1.165, 1.54) is 6.92 Å². The number of rotatable bonds is 1. The van der Waals surface area contributed by atoms with Gasteiger partial charge in [0.05, 0.1) is 5.56 Å². The second kappa shape index (κ2) is 4.61. The highest BCUT2D eigenvalue weighted by Crippen LogP contribution is 2.24. The van der Waals surface area contributed by atoms with Crippen LogP contribution in [0.4, 0.5) is 0 Å². The third-order valence-electron chi connectivity index (χ3n) is 2.83. The van der Waals surface area contributed by atoms with Crippen molar-refractivity contribution in [2.24, 2.45) is 0 Å². The molecular formula is C15H14O3. The highest BCUT2D eigenvalue weighted by atomic mass is 16.6. The molecule has 0 heterocycles. The molecule has 3 heteroatoms. The molecule has 0 aliphatic rings. The Balaban J connectivity index is 2.67. The first kappa shape index (κ1) is 12.3. The van der Waals surface area contributed by atoms with Gasteiger partial charge >= 0.3 is 11.9 Å². The van der Waals surface area contributed by atoms with Gasteiger partial charge in [-0.15, -0.1) is 0 Å². The van der Waals surface area contributed by atoms with E-state index < -0.39 is 11.9 Å². The number of fused-ring (bicyclic) bond motifs is 1. The molecule has 0 saturated heterocycles. The van der Waals surface area contributed by atoms with Crippen LogP contribution >= 0.6 is 0 Å². The van der Waals surface area contributed by atoms with Gasteiger partial charge in [-0.25, -0.2) is 4.79 Å². The topological polar surface area (TPSA) is 43.4 Å². The van der Waals surface area contributed by atoms with E-state index in [4.69, 9.17) is 0 Å². The SMILES string of the molecule is CC(=O)OC(=O)c1c(C)ccc2ccc(C)cc12. The predicted octanol–water partition coefficient (Wildman–Crippen LogP) is 3.16. The van der Waals surface area contributed by atoms with Crippen molar-refractivity contribution in [1.29, 1.82) is 0 Å². The highest BCUT2D eigenvalue weighted by Gasteiger charge is 2.16. The fourth-order valence-corrected chi connectivity index (χ4v) is 2.00. The number of hydrogen-bond acceptors (Lipinski definition) is 3. The molecule has 2 aromatic rings. The second-order valence-electron chi connectivity index (χ2n) is 4.36. The number of hydrogen-bond donors (Lipinski definition) is 0. The number of benzene rings is 2. The van der Waals surface area contributed by atoms with Gasteiger partial charge in [0, 0.05) is 6.92 Å². The Morgan fingerprint density at radius 3 is 2.39 bits per heavy atom. The molecule has 92 valence electrons. The van der Waals surface area contributed by atoms with E-state index in [2.05, 4.69) is 4.74 Å². The summed E-state index contributed by atoms with van der Waals surface area (Å²) < 4.78 is 4.69. The summed E-state index contributed by atoms with van der Waals surface area (Å²) in [6, 6.07) is 9.68. The van der Waals surface area contributed by atoms with Gasteiger partial charge in [-0.3, -0.25) is 4.79 Å². The monoisotopic (exact) mass is 242 g/mol. The molecule has 0 atom stereocenters. The van der Waals surface area contributed by atoms with E-state index in [0.29, 0.717) is 5.56 Å². The molecule has 0 radical (unpaired) electrons. The van der Waals surface area contributed by atoms with Crippen LogP contribution in [0.1, 0.15) is 28.4 Å². The predicted molar refractivity (Wildman–Crippen MR) is 69.5 cm³/mol. The summed E-state index contributed by atoms with van der Waals surface area (Å²) in [5.41, 5.74) is 2.33. The summed E-state index contributed by atoms with van der Waals surface area (Å²) in [4.78, 5) is 22.9. The van der Waals surface area contributed by atoms with E-state index in [0.717, 1.165) is 21.9 Å². The van der Waals surface area contributed by atoms with Crippen LogP contribution in [-0.2, 0) is 9.53 Å². The molecule has 3 nitrogen and oxygen atoms in total. The number of ether oxygens (including phenoxy) is 1. The summed E-state index contributed by atoms with van der Waals surface area (Å²) in [5, 5.41) is 1.78. The maximum Gasteiger partial charge on any atom is 0.346 e. The molecule has 0 unspecified atom stereocenters. The molecule has 0 aromatic heterocycles. The summed E-state index contributed by atoms with van der Waals surface area (Å²) in [5.74, 6) is -1.18. The maximum absolute atomic E-state index is 12.0. The van der Waals surface area contributed by atoms with Crippen molar-refractivity contribution in [3.8, 4) is 0 Å². The Hall–Kier alpha value is -2.16. The van der Waals surface area contributed by atoms with Crippen LogP contribution in [0.15, 0.2) is 30.3 Å². The van der Waals surface area contributed by atoms with Crippen molar-refractivity contribution in [1.82, 2.24) is 0 Å². The number of esters is 2. The number of carbonyl (C=O) groups excluding carboxylic acids is 2. The first-order valence-corrected chi connectivity index (χ1v) is 5.72. The zero-order valence-electron chi connectivity index (χ0n) is 10.6. The molecule has 0 fully saturated rings. The van der Waals surface area contributed by atoms with Crippen LogP contribution in [-0.4, -0.2) is 11.9 Å². The minimum absolute atomic E-state index is 0.464. The van der Waals surface area contributed by atoms with Crippen molar-refractivity contribution >= 4 is 22.7 Å². The second-order valence-corrected chi connectivity index (χ2v) is 4.36. The van der Waals surface area contributed by atoms with Gasteiger partial charge < -0.3 is 4.74 Å². The van der Waals surface area contributed by atoms with E-state index in [9.17, 15) is 9.59 Å². The lowest BCUT2D eigenvalue weighted by Gasteiger charge is -2.09. The maximum atomic E-state index is 12.0. The lowest BCUT2D eigenvalue weighted by atomic mass is 9.98. The third-order valence-corrected chi connectivity index (χ3v) is 2.83. The summed E-state index contributed by atoms with van der Waals surface area (Å²) >= 11 is 0. The first-order chi connectivity index (χ1) is 8.49. The molecule has 0 amide bonds. The minimum atomic E-state index is -0.593. The third kappa shape index (κ3) is 2.25. The summed E-state index contributed by atoms with van der Waals surface area (Å²) in [6.07, 6.45) is 0. The average Bonchev–Trinajstić information content (AvgIpc) is 2.27. The van der Waals surface area contributed by atoms with Gasteiger partial charge in [-0.05, 0) is 30.2 Å². The number of carbonyl (C=O) groups is 2. The minimum Gasteiger partial charge on any atom is -0.390 e. The Kier molecular flexibility index (Phi) is 3.15. The lowest BCUT2D eigenvalue weighted by Crippen LogP contribution is -2.11. The van der Waals surface area contributed by atoms with Crippen molar-refractivity contribution in [3.63, 3.8) is 0 Å². The molecule has 0 aliphatic carbocycles. The van der Waals surface area contributed by atoms with Crippen LogP contribution in [0.5, 0.6) is 0 Å². The highest BCUT2D eigenvalue weighted by molar-refractivity contribution is 6.08. The van der Waals surface area contributed by atoms with Crippen molar-refractivity contribution in [3.05, 3.63) is 47.0 Å². The zero-order chi connectivity index (χ0) is 13.3. The zero-order valence-corrected chi connectivity index (χ0v) is 10.6.